The number of nitrogens with one attached hydrogen (secondary N) is 2. The highest BCUT2D eigenvalue weighted by Crippen LogP contribution is 2.12. The van der Waals surface area contributed by atoms with Crippen LogP contribution >= 0.6 is 0 Å². The number of H-pyrrole nitrogens is 1. The average Bonchev–Trinajstić information content (AvgIpc) is 2.54. The Morgan fingerprint density at radius 2 is 2.00 bits per heavy atom. The molecule has 23 heavy (non-hydrogen) atoms. The lowest BCUT2D eigenvalue weighted by Crippen LogP contribution is -2.22. The molecule has 0 saturated heterocycles. The van der Waals surface area contributed by atoms with Crippen LogP contribution in [-0.4, -0.2) is 22.2 Å². The zero-order valence-corrected chi connectivity index (χ0v) is 11.7. The molecule has 2 rings (SSSR count). The van der Waals surface area contributed by atoms with Crippen molar-refractivity contribution >= 4 is 17.9 Å². The van der Waals surface area contributed by atoms with E-state index >= 15 is 0 Å². The van der Waals surface area contributed by atoms with Crippen LogP contribution in [0.5, 0.6) is 0 Å². The first-order valence-corrected chi connectivity index (χ1v) is 6.39. The van der Waals surface area contributed by atoms with Crippen LogP contribution in [0.3, 0.4) is 0 Å². The molecular formula is C15H11N3O5. The van der Waals surface area contributed by atoms with Crippen LogP contribution in [0.25, 0.3) is 0 Å². The summed E-state index contributed by atoms with van der Waals surface area (Å²) >= 11 is 0. The normalized spacial score (nSPS) is 9.70. The number of ether oxygens (including phenoxy) is 1. The number of benzene rings is 1. The van der Waals surface area contributed by atoms with E-state index in [1.165, 1.54) is 0 Å². The summed E-state index contributed by atoms with van der Waals surface area (Å²) in [4.78, 5) is 36.5. The van der Waals surface area contributed by atoms with Crippen molar-refractivity contribution in [2.24, 2.45) is 0 Å². The van der Waals surface area contributed by atoms with E-state index in [4.69, 9.17) is 15.1 Å². The summed E-state index contributed by atoms with van der Waals surface area (Å²) in [6.07, 6.45) is -0.934. The summed E-state index contributed by atoms with van der Waals surface area (Å²) in [5, 5.41) is 20.0. The first-order valence-electron chi connectivity index (χ1n) is 6.39. The number of hydrogen-bond donors (Lipinski definition) is 3. The fourth-order valence-electron chi connectivity index (χ4n) is 1.74. The van der Waals surface area contributed by atoms with E-state index in [9.17, 15) is 14.4 Å². The van der Waals surface area contributed by atoms with Crippen LogP contribution < -0.4 is 10.9 Å². The third kappa shape index (κ3) is 3.95. The first-order chi connectivity index (χ1) is 11.0. The predicted octanol–water partition coefficient (Wildman–Crippen LogP) is 1.69. The zero-order valence-electron chi connectivity index (χ0n) is 11.7. The third-order valence-electron chi connectivity index (χ3n) is 2.83. The monoisotopic (exact) mass is 313 g/mol. The number of hydrogen-bond acceptors (Lipinski definition) is 5. The van der Waals surface area contributed by atoms with Crippen molar-refractivity contribution in [3.63, 3.8) is 0 Å². The number of aromatic nitrogens is 1. The van der Waals surface area contributed by atoms with E-state index in [2.05, 4.69) is 10.3 Å². The minimum absolute atomic E-state index is 0.0183. The molecule has 8 nitrogen and oxygen atoms in total. The largest absolute Gasteiger partial charge is 0.478 e. The van der Waals surface area contributed by atoms with Gasteiger partial charge in [-0.1, -0.05) is 30.3 Å². The Morgan fingerprint density at radius 3 is 2.61 bits per heavy atom. The smallest absolute Gasteiger partial charge is 0.413 e. The number of aromatic amines is 1. The Hall–Kier alpha value is -3.60. The molecule has 1 heterocycles. The number of carbonyl (C=O) groups is 2. The molecule has 8 heteroatoms. The number of rotatable bonds is 4. The highest BCUT2D eigenvalue weighted by atomic mass is 16.5. The van der Waals surface area contributed by atoms with Crippen molar-refractivity contribution in [1.29, 1.82) is 5.26 Å². The number of carboxylic acids is 1. The second-order valence-electron chi connectivity index (χ2n) is 4.40. The SMILES string of the molecule is N#Cc1cc(C(=O)O)c(NC(=O)OCc2ccccc2)[nH]c1=O. The maximum absolute atomic E-state index is 11.7. The molecule has 116 valence electrons. The Labute approximate surface area is 130 Å². The van der Waals surface area contributed by atoms with Gasteiger partial charge < -0.3 is 14.8 Å². The second-order valence-corrected chi connectivity index (χ2v) is 4.40. The molecular weight excluding hydrogens is 302 g/mol. The van der Waals surface area contributed by atoms with Crippen LogP contribution in [0.15, 0.2) is 41.2 Å². The average molecular weight is 313 g/mol. The van der Waals surface area contributed by atoms with E-state index in [-0.39, 0.29) is 18.0 Å². The summed E-state index contributed by atoms with van der Waals surface area (Å²) in [6, 6.07) is 11.3. The Balaban J connectivity index is 2.14. The Kier molecular flexibility index (Phi) is 4.74. The fourth-order valence-corrected chi connectivity index (χ4v) is 1.74. The number of amides is 1. The minimum atomic E-state index is -1.41. The predicted molar refractivity (Wildman–Crippen MR) is 79.0 cm³/mol. The van der Waals surface area contributed by atoms with Gasteiger partial charge in [0.15, 0.2) is 0 Å². The van der Waals surface area contributed by atoms with Crippen LogP contribution in [-0.2, 0) is 11.3 Å². The molecule has 0 bridgehead atoms. The van der Waals surface area contributed by atoms with Crippen LogP contribution in [0.4, 0.5) is 10.6 Å². The molecule has 0 fully saturated rings. The van der Waals surface area contributed by atoms with Crippen LogP contribution in [0, 0.1) is 11.3 Å². The zero-order chi connectivity index (χ0) is 16.8. The van der Waals surface area contributed by atoms with Crippen molar-refractivity contribution in [3.05, 3.63) is 63.4 Å². The second kappa shape index (κ2) is 6.91. The molecule has 2 aromatic rings. The number of carbonyl (C=O) groups excluding carboxylic acids is 1. The molecule has 0 aliphatic carbocycles. The van der Waals surface area contributed by atoms with Gasteiger partial charge in [-0.2, -0.15) is 5.26 Å². The van der Waals surface area contributed by atoms with Gasteiger partial charge in [-0.05, 0) is 11.6 Å². The van der Waals surface area contributed by atoms with E-state index in [0.29, 0.717) is 0 Å². The van der Waals surface area contributed by atoms with Crippen LogP contribution in [0.1, 0.15) is 21.5 Å². The molecule has 0 spiro atoms. The van der Waals surface area contributed by atoms with E-state index in [0.717, 1.165) is 11.6 Å². The number of nitriles is 1. The first kappa shape index (κ1) is 15.8. The van der Waals surface area contributed by atoms with Gasteiger partial charge in [0.1, 0.15) is 29.6 Å². The van der Waals surface area contributed by atoms with Gasteiger partial charge in [0.05, 0.1) is 0 Å². The molecule has 0 unspecified atom stereocenters. The molecule has 1 aromatic heterocycles. The van der Waals surface area contributed by atoms with Crippen molar-refractivity contribution in [1.82, 2.24) is 4.98 Å². The van der Waals surface area contributed by atoms with Gasteiger partial charge in [-0.15, -0.1) is 0 Å². The third-order valence-corrected chi connectivity index (χ3v) is 2.83. The van der Waals surface area contributed by atoms with Crippen molar-refractivity contribution in [2.45, 2.75) is 6.61 Å². The van der Waals surface area contributed by atoms with Crippen LogP contribution in [0.2, 0.25) is 0 Å². The number of aromatic carboxylic acids is 1. The van der Waals surface area contributed by atoms with Gasteiger partial charge >= 0.3 is 12.1 Å². The van der Waals surface area contributed by atoms with Gasteiger partial charge in [0, 0.05) is 0 Å². The molecule has 0 radical (unpaired) electrons. The van der Waals surface area contributed by atoms with Gasteiger partial charge in [-0.25, -0.2) is 9.59 Å². The summed E-state index contributed by atoms with van der Waals surface area (Å²) in [7, 11) is 0. The van der Waals surface area contributed by atoms with E-state index in [1.54, 1.807) is 30.3 Å². The topological polar surface area (TPSA) is 132 Å². The maximum atomic E-state index is 11.7. The molecule has 0 aliphatic rings. The number of carboxylic acid groups (broad SMARTS) is 1. The molecule has 0 atom stereocenters. The summed E-state index contributed by atoms with van der Waals surface area (Å²) in [5.74, 6) is -1.75. The Morgan fingerprint density at radius 1 is 1.30 bits per heavy atom. The number of nitrogens with zero attached hydrogens (tertiary/aromatic N) is 1. The summed E-state index contributed by atoms with van der Waals surface area (Å²) in [6.45, 7) is -0.0183. The van der Waals surface area contributed by atoms with Crippen molar-refractivity contribution < 1.29 is 19.4 Å². The van der Waals surface area contributed by atoms with E-state index in [1.807, 2.05) is 6.07 Å². The summed E-state index contributed by atoms with van der Waals surface area (Å²) in [5.41, 5.74) is -0.853. The van der Waals surface area contributed by atoms with Gasteiger partial charge in [-0.3, -0.25) is 10.1 Å². The Bertz CT molecular complexity index is 836. The lowest BCUT2D eigenvalue weighted by atomic mass is 10.2. The van der Waals surface area contributed by atoms with Gasteiger partial charge in [0.25, 0.3) is 5.56 Å². The van der Waals surface area contributed by atoms with Crippen molar-refractivity contribution in [3.8, 4) is 6.07 Å². The molecule has 0 saturated carbocycles. The van der Waals surface area contributed by atoms with E-state index < -0.39 is 23.2 Å². The standard InChI is InChI=1S/C15H11N3O5/c16-7-10-6-11(14(20)21)12(17-13(10)19)18-15(22)23-8-9-4-2-1-3-5-9/h1-6H,8H2,(H,20,21)(H2,17,18,19,22). The molecule has 3 N–H and O–H groups in total. The molecule has 1 aromatic carbocycles. The highest BCUT2D eigenvalue weighted by Gasteiger charge is 2.17. The quantitative estimate of drug-likeness (QED) is 0.786. The summed E-state index contributed by atoms with van der Waals surface area (Å²) < 4.78 is 4.93. The lowest BCUT2D eigenvalue weighted by Gasteiger charge is -2.09. The molecule has 0 aliphatic heterocycles. The highest BCUT2D eigenvalue weighted by molar-refractivity contribution is 5.97. The lowest BCUT2D eigenvalue weighted by molar-refractivity contribution is 0.0697. The maximum Gasteiger partial charge on any atom is 0.413 e. The minimum Gasteiger partial charge on any atom is -0.478 e. The number of anilines is 1. The molecule has 1 amide bonds. The van der Waals surface area contributed by atoms with Crippen molar-refractivity contribution in [2.75, 3.05) is 5.32 Å². The fraction of sp³-hybridized carbons (Fsp3) is 0.0667. The number of pyridine rings is 1. The van der Waals surface area contributed by atoms with Gasteiger partial charge in [0.2, 0.25) is 0 Å².